The maximum absolute atomic E-state index is 4.62. The molecule has 0 aliphatic rings. The van der Waals surface area contributed by atoms with Crippen molar-refractivity contribution in [1.29, 1.82) is 0 Å². The summed E-state index contributed by atoms with van der Waals surface area (Å²) in [7, 11) is 0. The zero-order valence-corrected chi connectivity index (χ0v) is 12.1. The Hall–Kier alpha value is -1.13. The van der Waals surface area contributed by atoms with E-state index in [1.807, 2.05) is 4.68 Å². The second kappa shape index (κ2) is 6.16. The topological polar surface area (TPSA) is 29.9 Å². The number of thiophene rings is 1. The highest BCUT2D eigenvalue weighted by Crippen LogP contribution is 2.22. The first-order valence-electron chi connectivity index (χ1n) is 6.51. The van der Waals surface area contributed by atoms with Crippen LogP contribution in [0.1, 0.15) is 43.4 Å². The van der Waals surface area contributed by atoms with E-state index in [-0.39, 0.29) is 0 Å². The lowest BCUT2D eigenvalue weighted by atomic mass is 10.1. The number of nitrogens with zero attached hydrogens (tertiary/aromatic N) is 2. The van der Waals surface area contributed by atoms with Crippen LogP contribution in [0.3, 0.4) is 0 Å². The van der Waals surface area contributed by atoms with Gasteiger partial charge in [-0.25, -0.2) is 0 Å². The van der Waals surface area contributed by atoms with Crippen LogP contribution >= 0.6 is 11.3 Å². The number of aromatic nitrogens is 2. The highest BCUT2D eigenvalue weighted by molar-refractivity contribution is 7.10. The number of rotatable bonds is 6. The fourth-order valence-corrected chi connectivity index (χ4v) is 2.79. The lowest BCUT2D eigenvalue weighted by molar-refractivity contribution is 0.509. The molecule has 98 valence electrons. The standard InChI is InChI=1S/C14H21N3S/c1-4-15-13(14-6-5-9-18-14)10-12-7-8-17(16-12)11(2)3/h5-9,11,13,15H,4,10H2,1-3H3. The first-order chi connectivity index (χ1) is 8.70. The number of likely N-dealkylation sites (N-methyl/N-ethyl adjacent to an activating group) is 1. The van der Waals surface area contributed by atoms with Crippen LogP contribution in [-0.2, 0) is 6.42 Å². The van der Waals surface area contributed by atoms with E-state index in [0.29, 0.717) is 12.1 Å². The third-order valence-corrected chi connectivity index (χ3v) is 3.93. The highest BCUT2D eigenvalue weighted by Gasteiger charge is 2.14. The van der Waals surface area contributed by atoms with Crippen LogP contribution in [0, 0.1) is 0 Å². The molecule has 0 saturated heterocycles. The van der Waals surface area contributed by atoms with E-state index in [1.54, 1.807) is 11.3 Å². The van der Waals surface area contributed by atoms with Crippen LogP contribution in [0.15, 0.2) is 29.8 Å². The third-order valence-electron chi connectivity index (χ3n) is 2.94. The number of hydrogen-bond acceptors (Lipinski definition) is 3. The quantitative estimate of drug-likeness (QED) is 0.865. The van der Waals surface area contributed by atoms with Crippen molar-refractivity contribution in [3.8, 4) is 0 Å². The van der Waals surface area contributed by atoms with Crippen LogP contribution in [0.5, 0.6) is 0 Å². The van der Waals surface area contributed by atoms with Crippen molar-refractivity contribution in [1.82, 2.24) is 15.1 Å². The second-order valence-corrected chi connectivity index (χ2v) is 5.69. The Morgan fingerprint density at radius 3 is 2.78 bits per heavy atom. The SMILES string of the molecule is CCNC(Cc1ccn(C(C)C)n1)c1cccs1. The molecular formula is C14H21N3S. The van der Waals surface area contributed by atoms with E-state index in [9.17, 15) is 0 Å². The van der Waals surface area contributed by atoms with Gasteiger partial charge in [-0.3, -0.25) is 4.68 Å². The van der Waals surface area contributed by atoms with Crippen molar-refractivity contribution >= 4 is 11.3 Å². The minimum absolute atomic E-state index is 0.380. The summed E-state index contributed by atoms with van der Waals surface area (Å²) >= 11 is 1.81. The first kappa shape index (κ1) is 13.3. The van der Waals surface area contributed by atoms with Gasteiger partial charge in [0, 0.05) is 29.6 Å². The van der Waals surface area contributed by atoms with E-state index in [1.165, 1.54) is 4.88 Å². The molecule has 0 radical (unpaired) electrons. The van der Waals surface area contributed by atoms with Crippen LogP contribution in [0.25, 0.3) is 0 Å². The Morgan fingerprint density at radius 1 is 1.39 bits per heavy atom. The average molecular weight is 263 g/mol. The predicted molar refractivity (Wildman–Crippen MR) is 77.1 cm³/mol. The van der Waals surface area contributed by atoms with Crippen molar-refractivity contribution in [3.05, 3.63) is 40.3 Å². The van der Waals surface area contributed by atoms with E-state index >= 15 is 0 Å². The molecule has 2 aromatic heterocycles. The summed E-state index contributed by atoms with van der Waals surface area (Å²) in [6, 6.07) is 7.23. The van der Waals surface area contributed by atoms with Gasteiger partial charge in [-0.2, -0.15) is 5.10 Å². The van der Waals surface area contributed by atoms with Crippen LogP contribution < -0.4 is 5.32 Å². The van der Waals surface area contributed by atoms with E-state index in [2.05, 4.69) is 61.0 Å². The Morgan fingerprint density at radius 2 is 2.22 bits per heavy atom. The van der Waals surface area contributed by atoms with Crippen molar-refractivity contribution in [2.24, 2.45) is 0 Å². The molecular weight excluding hydrogens is 242 g/mol. The largest absolute Gasteiger partial charge is 0.309 e. The normalized spacial score (nSPS) is 13.1. The molecule has 2 rings (SSSR count). The number of nitrogens with one attached hydrogen (secondary N) is 1. The first-order valence-corrected chi connectivity index (χ1v) is 7.39. The molecule has 0 spiro atoms. The molecule has 2 heterocycles. The Balaban J connectivity index is 2.08. The predicted octanol–water partition coefficient (Wildman–Crippen LogP) is 3.42. The molecule has 0 bridgehead atoms. The molecule has 0 saturated carbocycles. The van der Waals surface area contributed by atoms with E-state index in [0.717, 1.165) is 18.7 Å². The van der Waals surface area contributed by atoms with Gasteiger partial charge in [0.1, 0.15) is 0 Å². The van der Waals surface area contributed by atoms with Gasteiger partial charge in [0.05, 0.1) is 5.69 Å². The summed E-state index contributed by atoms with van der Waals surface area (Å²) in [6.45, 7) is 7.43. The zero-order chi connectivity index (χ0) is 13.0. The van der Waals surface area contributed by atoms with Crippen molar-refractivity contribution in [3.63, 3.8) is 0 Å². The van der Waals surface area contributed by atoms with Crippen LogP contribution in [-0.4, -0.2) is 16.3 Å². The smallest absolute Gasteiger partial charge is 0.0644 e. The lowest BCUT2D eigenvalue weighted by Gasteiger charge is -2.15. The summed E-state index contributed by atoms with van der Waals surface area (Å²) in [6.07, 6.45) is 3.02. The molecule has 0 aromatic carbocycles. The fraction of sp³-hybridized carbons (Fsp3) is 0.500. The minimum atomic E-state index is 0.380. The summed E-state index contributed by atoms with van der Waals surface area (Å²) in [5.41, 5.74) is 1.16. The summed E-state index contributed by atoms with van der Waals surface area (Å²) in [5, 5.41) is 10.3. The molecule has 1 unspecified atom stereocenters. The molecule has 1 atom stereocenters. The Bertz CT molecular complexity index is 459. The van der Waals surface area contributed by atoms with Crippen LogP contribution in [0.4, 0.5) is 0 Å². The van der Waals surface area contributed by atoms with Gasteiger partial charge in [0.15, 0.2) is 0 Å². The van der Waals surface area contributed by atoms with Gasteiger partial charge >= 0.3 is 0 Å². The average Bonchev–Trinajstić information content (AvgIpc) is 2.99. The Kier molecular flexibility index (Phi) is 4.55. The monoisotopic (exact) mass is 263 g/mol. The van der Waals surface area contributed by atoms with Gasteiger partial charge in [-0.1, -0.05) is 13.0 Å². The molecule has 18 heavy (non-hydrogen) atoms. The van der Waals surface area contributed by atoms with Gasteiger partial charge < -0.3 is 5.32 Å². The molecule has 4 heteroatoms. The fourth-order valence-electron chi connectivity index (χ4n) is 1.99. The zero-order valence-electron chi connectivity index (χ0n) is 11.3. The maximum atomic E-state index is 4.62. The number of hydrogen-bond donors (Lipinski definition) is 1. The second-order valence-electron chi connectivity index (χ2n) is 4.71. The Labute approximate surface area is 113 Å². The van der Waals surface area contributed by atoms with E-state index < -0.39 is 0 Å². The minimum Gasteiger partial charge on any atom is -0.309 e. The summed E-state index contributed by atoms with van der Waals surface area (Å²) in [4.78, 5) is 1.39. The lowest BCUT2D eigenvalue weighted by Crippen LogP contribution is -2.22. The van der Waals surface area contributed by atoms with Gasteiger partial charge in [-0.15, -0.1) is 11.3 Å². The molecule has 1 N–H and O–H groups in total. The van der Waals surface area contributed by atoms with Crippen LogP contribution in [0.2, 0.25) is 0 Å². The van der Waals surface area contributed by atoms with Crippen molar-refractivity contribution < 1.29 is 0 Å². The highest BCUT2D eigenvalue weighted by atomic mass is 32.1. The molecule has 2 aromatic rings. The molecule has 0 fully saturated rings. The summed E-state index contributed by atoms with van der Waals surface area (Å²) < 4.78 is 2.02. The molecule has 0 aliphatic carbocycles. The molecule has 0 amide bonds. The van der Waals surface area contributed by atoms with Gasteiger partial charge in [0.2, 0.25) is 0 Å². The molecule has 3 nitrogen and oxygen atoms in total. The maximum Gasteiger partial charge on any atom is 0.0644 e. The van der Waals surface area contributed by atoms with Crippen molar-refractivity contribution in [2.45, 2.75) is 39.3 Å². The van der Waals surface area contributed by atoms with Crippen molar-refractivity contribution in [2.75, 3.05) is 6.54 Å². The van der Waals surface area contributed by atoms with E-state index in [4.69, 9.17) is 0 Å². The van der Waals surface area contributed by atoms with Gasteiger partial charge in [0.25, 0.3) is 0 Å². The third kappa shape index (κ3) is 3.21. The van der Waals surface area contributed by atoms with Gasteiger partial charge in [-0.05, 0) is 37.9 Å². The molecule has 0 aliphatic heterocycles. The summed E-state index contributed by atoms with van der Waals surface area (Å²) in [5.74, 6) is 0.